The van der Waals surface area contributed by atoms with Crippen molar-refractivity contribution in [3.8, 4) is 5.75 Å². The smallest absolute Gasteiger partial charge is 0.314 e. The highest BCUT2D eigenvalue weighted by atomic mass is 79.9. The topological polar surface area (TPSA) is 46.5 Å². The standard InChI is InChI=1S/C13H14BrFO3/c1-18-9-5-4-8(11(15)10(9)14)13(12(16)17)6-2-3-7-13/h4-5H,2-3,6-7H2,1H3,(H,16,17). The zero-order valence-corrected chi connectivity index (χ0v) is 11.6. The predicted molar refractivity (Wildman–Crippen MR) is 68.4 cm³/mol. The third kappa shape index (κ3) is 1.90. The Hall–Kier alpha value is -1.10. The zero-order valence-electron chi connectivity index (χ0n) is 10.0. The van der Waals surface area contributed by atoms with Gasteiger partial charge in [-0.2, -0.15) is 0 Å². The molecule has 1 aromatic rings. The van der Waals surface area contributed by atoms with Crippen molar-refractivity contribution in [1.82, 2.24) is 0 Å². The molecule has 1 N–H and O–H groups in total. The molecule has 0 amide bonds. The summed E-state index contributed by atoms with van der Waals surface area (Å²) in [4.78, 5) is 11.5. The minimum Gasteiger partial charge on any atom is -0.495 e. The number of carboxylic acids is 1. The highest BCUT2D eigenvalue weighted by Crippen LogP contribution is 2.45. The lowest BCUT2D eigenvalue weighted by atomic mass is 9.78. The number of aliphatic carboxylic acids is 1. The first-order valence-electron chi connectivity index (χ1n) is 5.79. The first kappa shape index (κ1) is 13.3. The van der Waals surface area contributed by atoms with Gasteiger partial charge in [-0.15, -0.1) is 0 Å². The van der Waals surface area contributed by atoms with Gasteiger partial charge in [0.15, 0.2) is 0 Å². The lowest BCUT2D eigenvalue weighted by Gasteiger charge is -2.25. The Balaban J connectivity index is 2.56. The Morgan fingerprint density at radius 1 is 1.44 bits per heavy atom. The van der Waals surface area contributed by atoms with Crippen molar-refractivity contribution < 1.29 is 19.0 Å². The Morgan fingerprint density at radius 2 is 2.06 bits per heavy atom. The maximum absolute atomic E-state index is 14.3. The van der Waals surface area contributed by atoms with Crippen LogP contribution in [0.4, 0.5) is 4.39 Å². The molecule has 0 unspecified atom stereocenters. The van der Waals surface area contributed by atoms with E-state index in [4.69, 9.17) is 4.74 Å². The van der Waals surface area contributed by atoms with Crippen LogP contribution in [0.1, 0.15) is 31.2 Å². The predicted octanol–water partition coefficient (Wildman–Crippen LogP) is 3.49. The fourth-order valence-electron chi connectivity index (χ4n) is 2.64. The van der Waals surface area contributed by atoms with Gasteiger partial charge < -0.3 is 9.84 Å². The molecule has 1 fully saturated rings. The van der Waals surface area contributed by atoms with Crippen molar-refractivity contribution in [2.45, 2.75) is 31.1 Å². The van der Waals surface area contributed by atoms with Crippen LogP contribution in [0.3, 0.4) is 0 Å². The second kappa shape index (κ2) is 4.88. The second-order valence-electron chi connectivity index (χ2n) is 4.54. The van der Waals surface area contributed by atoms with Crippen molar-refractivity contribution in [1.29, 1.82) is 0 Å². The second-order valence-corrected chi connectivity index (χ2v) is 5.33. The van der Waals surface area contributed by atoms with E-state index in [0.717, 1.165) is 12.8 Å². The number of ether oxygens (including phenoxy) is 1. The first-order chi connectivity index (χ1) is 8.53. The molecular weight excluding hydrogens is 303 g/mol. The average Bonchev–Trinajstić information content (AvgIpc) is 2.83. The number of hydrogen-bond donors (Lipinski definition) is 1. The van der Waals surface area contributed by atoms with E-state index >= 15 is 0 Å². The number of methoxy groups -OCH3 is 1. The summed E-state index contributed by atoms with van der Waals surface area (Å²) in [5, 5.41) is 9.45. The van der Waals surface area contributed by atoms with Gasteiger partial charge in [0.2, 0.25) is 0 Å². The monoisotopic (exact) mass is 316 g/mol. The van der Waals surface area contributed by atoms with Crippen molar-refractivity contribution in [3.63, 3.8) is 0 Å². The van der Waals surface area contributed by atoms with Gasteiger partial charge in [-0.3, -0.25) is 4.79 Å². The molecule has 1 saturated carbocycles. The number of rotatable bonds is 3. The van der Waals surface area contributed by atoms with Crippen LogP contribution in [0.15, 0.2) is 16.6 Å². The van der Waals surface area contributed by atoms with Gasteiger partial charge in [0.1, 0.15) is 11.6 Å². The van der Waals surface area contributed by atoms with E-state index < -0.39 is 17.2 Å². The van der Waals surface area contributed by atoms with Crippen molar-refractivity contribution in [2.75, 3.05) is 7.11 Å². The molecule has 0 saturated heterocycles. The molecular formula is C13H14BrFO3. The van der Waals surface area contributed by atoms with Crippen LogP contribution >= 0.6 is 15.9 Å². The van der Waals surface area contributed by atoms with Crippen molar-refractivity contribution >= 4 is 21.9 Å². The summed E-state index contributed by atoms with van der Waals surface area (Å²) >= 11 is 3.12. The van der Waals surface area contributed by atoms with E-state index in [-0.39, 0.29) is 10.0 Å². The fourth-order valence-corrected chi connectivity index (χ4v) is 3.14. The summed E-state index contributed by atoms with van der Waals surface area (Å²) in [5.74, 6) is -1.11. The molecule has 2 rings (SSSR count). The molecule has 0 bridgehead atoms. The third-order valence-electron chi connectivity index (χ3n) is 3.65. The van der Waals surface area contributed by atoms with Crippen molar-refractivity contribution in [3.05, 3.63) is 28.0 Å². The summed E-state index contributed by atoms with van der Waals surface area (Å²) in [7, 11) is 1.45. The molecule has 18 heavy (non-hydrogen) atoms. The Kier molecular flexibility index (Phi) is 3.61. The van der Waals surface area contributed by atoms with E-state index in [0.29, 0.717) is 18.6 Å². The van der Waals surface area contributed by atoms with Gasteiger partial charge in [-0.25, -0.2) is 4.39 Å². The highest BCUT2D eigenvalue weighted by molar-refractivity contribution is 9.10. The fraction of sp³-hybridized carbons (Fsp3) is 0.462. The van der Waals surface area contributed by atoms with Gasteiger partial charge in [0, 0.05) is 5.56 Å². The van der Waals surface area contributed by atoms with E-state index in [1.165, 1.54) is 13.2 Å². The normalized spacial score (nSPS) is 17.7. The maximum atomic E-state index is 14.3. The molecule has 98 valence electrons. The maximum Gasteiger partial charge on any atom is 0.314 e. The Labute approximate surface area is 113 Å². The van der Waals surface area contributed by atoms with Crippen LogP contribution in [0.25, 0.3) is 0 Å². The molecule has 0 aliphatic heterocycles. The minimum atomic E-state index is -1.08. The first-order valence-corrected chi connectivity index (χ1v) is 6.58. The molecule has 0 heterocycles. The largest absolute Gasteiger partial charge is 0.495 e. The zero-order chi connectivity index (χ0) is 13.3. The number of carboxylic acid groups (broad SMARTS) is 1. The summed E-state index contributed by atoms with van der Waals surface area (Å²) in [5.41, 5.74) is -0.834. The third-order valence-corrected chi connectivity index (χ3v) is 4.39. The molecule has 1 aromatic carbocycles. The Bertz CT molecular complexity index is 481. The SMILES string of the molecule is COc1ccc(C2(C(=O)O)CCCC2)c(F)c1Br. The van der Waals surface area contributed by atoms with Gasteiger partial charge in [-0.05, 0) is 34.8 Å². The molecule has 3 nitrogen and oxygen atoms in total. The molecule has 1 aliphatic carbocycles. The average molecular weight is 317 g/mol. The van der Waals surface area contributed by atoms with Gasteiger partial charge in [0.25, 0.3) is 0 Å². The summed E-state index contributed by atoms with van der Waals surface area (Å²) in [6.45, 7) is 0. The minimum absolute atomic E-state index is 0.190. The van der Waals surface area contributed by atoms with Crippen LogP contribution in [0.5, 0.6) is 5.75 Å². The summed E-state index contributed by atoms with van der Waals surface area (Å²) in [6, 6.07) is 3.13. The number of carbonyl (C=O) groups is 1. The van der Waals surface area contributed by atoms with Crippen molar-refractivity contribution in [2.24, 2.45) is 0 Å². The Morgan fingerprint density at radius 3 is 2.56 bits per heavy atom. The molecule has 0 spiro atoms. The van der Waals surface area contributed by atoms with Crippen LogP contribution in [0, 0.1) is 5.82 Å². The van der Waals surface area contributed by atoms with Crippen LogP contribution in [0.2, 0.25) is 0 Å². The lowest BCUT2D eigenvalue weighted by molar-refractivity contribution is -0.143. The molecule has 1 aliphatic rings. The number of benzene rings is 1. The number of hydrogen-bond acceptors (Lipinski definition) is 2. The summed E-state index contributed by atoms with van der Waals surface area (Å²) in [6.07, 6.45) is 2.60. The quantitative estimate of drug-likeness (QED) is 0.928. The van der Waals surface area contributed by atoms with Crippen LogP contribution < -0.4 is 4.74 Å². The molecule has 0 aromatic heterocycles. The van der Waals surface area contributed by atoms with E-state index in [1.807, 2.05) is 0 Å². The number of halogens is 2. The molecule has 5 heteroatoms. The highest BCUT2D eigenvalue weighted by Gasteiger charge is 2.45. The van der Waals surface area contributed by atoms with Crippen LogP contribution in [-0.2, 0) is 10.2 Å². The summed E-state index contributed by atoms with van der Waals surface area (Å²) < 4.78 is 19.5. The van der Waals surface area contributed by atoms with E-state index in [2.05, 4.69) is 15.9 Å². The van der Waals surface area contributed by atoms with E-state index in [9.17, 15) is 14.3 Å². The van der Waals surface area contributed by atoms with E-state index in [1.54, 1.807) is 6.07 Å². The molecule has 0 atom stereocenters. The molecule has 0 radical (unpaired) electrons. The van der Waals surface area contributed by atoms with Gasteiger partial charge in [-0.1, -0.05) is 18.9 Å². The lowest BCUT2D eigenvalue weighted by Crippen LogP contribution is -2.33. The van der Waals surface area contributed by atoms with Crippen LogP contribution in [-0.4, -0.2) is 18.2 Å². The van der Waals surface area contributed by atoms with Gasteiger partial charge in [0.05, 0.1) is 17.0 Å². The van der Waals surface area contributed by atoms with Gasteiger partial charge >= 0.3 is 5.97 Å².